The van der Waals surface area contributed by atoms with Crippen molar-refractivity contribution in [2.45, 2.75) is 32.6 Å². The summed E-state index contributed by atoms with van der Waals surface area (Å²) in [5, 5.41) is 12.2. The van der Waals surface area contributed by atoms with Crippen LogP contribution in [0.1, 0.15) is 29.5 Å². The molecule has 176 valence electrons. The Labute approximate surface area is 202 Å². The summed E-state index contributed by atoms with van der Waals surface area (Å²) in [5.41, 5.74) is 5.52. The van der Waals surface area contributed by atoms with Gasteiger partial charge in [0.1, 0.15) is 13.3 Å². The number of hydrogen-bond acceptors (Lipinski definition) is 1. The van der Waals surface area contributed by atoms with Crippen molar-refractivity contribution in [1.29, 1.82) is 0 Å². The molecule has 0 saturated carbocycles. The van der Waals surface area contributed by atoms with E-state index in [1.54, 1.807) is 18.2 Å². The number of fused-ring (bicyclic) bond motifs is 3. The minimum atomic E-state index is -0.791. The summed E-state index contributed by atoms with van der Waals surface area (Å²) >= 11 is 0. The van der Waals surface area contributed by atoms with Gasteiger partial charge in [-0.2, -0.15) is 0 Å². The number of rotatable bonds is 8. The minimum absolute atomic E-state index is 0.142. The maximum atomic E-state index is 13.6. The summed E-state index contributed by atoms with van der Waals surface area (Å²) in [6.07, 6.45) is 1.42. The van der Waals surface area contributed by atoms with Crippen molar-refractivity contribution in [2.24, 2.45) is 0 Å². The molecule has 0 atom stereocenters. The lowest BCUT2D eigenvalue weighted by Crippen LogP contribution is -1.99. The smallest absolute Gasteiger partial charge is 0.303 e. The van der Waals surface area contributed by atoms with Gasteiger partial charge in [0.05, 0.1) is 11.2 Å². The van der Waals surface area contributed by atoms with Crippen LogP contribution < -0.4 is 0 Å². The molecule has 0 aliphatic carbocycles. The molecule has 35 heavy (non-hydrogen) atoms. The number of carboxylic acid groups (broad SMARTS) is 1. The topological polar surface area (TPSA) is 42.2 Å². The Kier molecular flexibility index (Phi) is 6.32. The molecule has 5 heteroatoms. The standard InChI is InChI=1S/C30H25F2NO2/c31-18-21-14-22(19-32)16-24(15-21)29-17-27-26-6-2-1-5-23(26)10-13-28(27)33(29)25-11-8-20(9-12-25)4-3-7-30(34)35/h1-2,5-6,8-17H,3-4,7,18-19H2,(H,34,35). The molecule has 1 heterocycles. The van der Waals surface area contributed by atoms with Gasteiger partial charge in [-0.1, -0.05) is 48.5 Å². The van der Waals surface area contributed by atoms with E-state index in [1.165, 1.54) is 0 Å². The Bertz CT molecular complexity index is 1500. The second-order valence-electron chi connectivity index (χ2n) is 8.80. The molecule has 5 aromatic rings. The highest BCUT2D eigenvalue weighted by atomic mass is 19.1. The van der Waals surface area contributed by atoms with E-state index in [2.05, 4.69) is 34.9 Å². The quantitative estimate of drug-likeness (QED) is 0.252. The number of aryl methyl sites for hydroxylation is 1. The first kappa shape index (κ1) is 22.8. The predicted molar refractivity (Wildman–Crippen MR) is 136 cm³/mol. The van der Waals surface area contributed by atoms with Crippen molar-refractivity contribution in [1.82, 2.24) is 4.57 Å². The summed E-state index contributed by atoms with van der Waals surface area (Å²) < 4.78 is 29.3. The van der Waals surface area contributed by atoms with E-state index in [0.717, 1.165) is 44.2 Å². The summed E-state index contributed by atoms with van der Waals surface area (Å²) in [4.78, 5) is 10.8. The van der Waals surface area contributed by atoms with Gasteiger partial charge in [0, 0.05) is 17.5 Å². The highest BCUT2D eigenvalue weighted by Crippen LogP contribution is 2.36. The van der Waals surface area contributed by atoms with Crippen molar-refractivity contribution < 1.29 is 18.7 Å². The summed E-state index contributed by atoms with van der Waals surface area (Å²) in [7, 11) is 0. The molecular formula is C30H25F2NO2. The monoisotopic (exact) mass is 469 g/mol. The first-order chi connectivity index (χ1) is 17.1. The van der Waals surface area contributed by atoms with Gasteiger partial charge in [-0.05, 0) is 82.3 Å². The molecule has 0 saturated heterocycles. The molecule has 0 aliphatic rings. The molecular weight excluding hydrogens is 444 g/mol. The predicted octanol–water partition coefficient (Wildman–Crippen LogP) is 7.80. The number of aromatic nitrogens is 1. The highest BCUT2D eigenvalue weighted by molar-refractivity contribution is 6.09. The lowest BCUT2D eigenvalue weighted by atomic mass is 10.0. The Balaban J connectivity index is 1.69. The summed E-state index contributed by atoms with van der Waals surface area (Å²) in [5.74, 6) is -0.791. The zero-order valence-corrected chi connectivity index (χ0v) is 19.2. The van der Waals surface area contributed by atoms with Crippen molar-refractivity contribution in [3.05, 3.63) is 102 Å². The molecule has 1 N–H and O–H groups in total. The third-order valence-corrected chi connectivity index (χ3v) is 6.42. The van der Waals surface area contributed by atoms with Gasteiger partial charge < -0.3 is 9.67 Å². The fourth-order valence-corrected chi connectivity index (χ4v) is 4.77. The minimum Gasteiger partial charge on any atom is -0.481 e. The van der Waals surface area contributed by atoms with Crippen LogP contribution in [-0.4, -0.2) is 15.6 Å². The molecule has 0 aliphatic heterocycles. The maximum Gasteiger partial charge on any atom is 0.303 e. The number of hydrogen-bond donors (Lipinski definition) is 1. The molecule has 0 fully saturated rings. The number of nitrogens with zero attached hydrogens (tertiary/aromatic N) is 1. The highest BCUT2D eigenvalue weighted by Gasteiger charge is 2.16. The van der Waals surface area contributed by atoms with E-state index in [4.69, 9.17) is 5.11 Å². The number of alkyl halides is 2. The fourth-order valence-electron chi connectivity index (χ4n) is 4.77. The molecule has 1 aromatic heterocycles. The van der Waals surface area contributed by atoms with Gasteiger partial charge in [-0.3, -0.25) is 4.79 Å². The van der Waals surface area contributed by atoms with Gasteiger partial charge in [0.15, 0.2) is 0 Å². The number of halogens is 2. The molecule has 0 bridgehead atoms. The van der Waals surface area contributed by atoms with Gasteiger partial charge >= 0.3 is 5.97 Å². The molecule has 5 rings (SSSR count). The van der Waals surface area contributed by atoms with E-state index in [-0.39, 0.29) is 6.42 Å². The van der Waals surface area contributed by atoms with E-state index in [9.17, 15) is 13.6 Å². The number of aliphatic carboxylic acids is 1. The SMILES string of the molecule is O=C(O)CCCc1ccc(-n2c(-c3cc(CF)cc(CF)c3)cc3c4ccccc4ccc32)cc1. The largest absolute Gasteiger partial charge is 0.481 e. The summed E-state index contributed by atoms with van der Waals surface area (Å²) in [6, 6.07) is 27.6. The van der Waals surface area contributed by atoms with Crippen LogP contribution in [0.4, 0.5) is 8.78 Å². The lowest BCUT2D eigenvalue weighted by Gasteiger charge is -2.14. The second-order valence-corrected chi connectivity index (χ2v) is 8.80. The summed E-state index contributed by atoms with van der Waals surface area (Å²) in [6.45, 7) is -1.32. The van der Waals surface area contributed by atoms with Gasteiger partial charge in [-0.15, -0.1) is 0 Å². The van der Waals surface area contributed by atoms with E-state index in [1.807, 2.05) is 36.4 Å². The lowest BCUT2D eigenvalue weighted by molar-refractivity contribution is -0.137. The molecule has 0 unspecified atom stereocenters. The molecule has 0 amide bonds. The Morgan fingerprint density at radius 2 is 1.49 bits per heavy atom. The molecule has 3 nitrogen and oxygen atoms in total. The molecule has 4 aromatic carbocycles. The molecule has 0 radical (unpaired) electrons. The first-order valence-corrected chi connectivity index (χ1v) is 11.7. The maximum absolute atomic E-state index is 13.6. The van der Waals surface area contributed by atoms with Gasteiger partial charge in [0.25, 0.3) is 0 Å². The van der Waals surface area contributed by atoms with Crippen LogP contribution in [0.15, 0.2) is 84.9 Å². The van der Waals surface area contributed by atoms with Gasteiger partial charge in [-0.25, -0.2) is 8.78 Å². The van der Waals surface area contributed by atoms with Crippen molar-refractivity contribution in [3.63, 3.8) is 0 Å². The van der Waals surface area contributed by atoms with Crippen LogP contribution >= 0.6 is 0 Å². The zero-order valence-electron chi connectivity index (χ0n) is 19.2. The van der Waals surface area contributed by atoms with E-state index >= 15 is 0 Å². The third-order valence-electron chi connectivity index (χ3n) is 6.42. The number of carbonyl (C=O) groups is 1. The number of carboxylic acids is 1. The van der Waals surface area contributed by atoms with Crippen LogP contribution in [0, 0.1) is 0 Å². The van der Waals surface area contributed by atoms with E-state index < -0.39 is 19.3 Å². The fraction of sp³-hybridized carbons (Fsp3) is 0.167. The first-order valence-electron chi connectivity index (χ1n) is 11.7. The van der Waals surface area contributed by atoms with Crippen LogP contribution in [0.2, 0.25) is 0 Å². The Morgan fingerprint density at radius 3 is 2.17 bits per heavy atom. The average molecular weight is 470 g/mol. The van der Waals surface area contributed by atoms with Crippen molar-refractivity contribution in [3.8, 4) is 16.9 Å². The third kappa shape index (κ3) is 4.54. The van der Waals surface area contributed by atoms with Crippen LogP contribution in [0.25, 0.3) is 38.6 Å². The van der Waals surface area contributed by atoms with Crippen LogP contribution in [0.3, 0.4) is 0 Å². The normalized spacial score (nSPS) is 11.4. The molecule has 0 spiro atoms. The van der Waals surface area contributed by atoms with Crippen molar-refractivity contribution >= 4 is 27.6 Å². The van der Waals surface area contributed by atoms with Gasteiger partial charge in [0.2, 0.25) is 0 Å². The Morgan fingerprint density at radius 1 is 0.771 bits per heavy atom. The number of benzene rings is 4. The van der Waals surface area contributed by atoms with Crippen LogP contribution in [0.5, 0.6) is 0 Å². The van der Waals surface area contributed by atoms with Crippen molar-refractivity contribution in [2.75, 3.05) is 0 Å². The van der Waals surface area contributed by atoms with Crippen LogP contribution in [-0.2, 0) is 24.6 Å². The Hall–Kier alpha value is -3.99. The zero-order chi connectivity index (χ0) is 24.4. The average Bonchev–Trinajstić information content (AvgIpc) is 3.29. The second kappa shape index (κ2) is 9.71. The van der Waals surface area contributed by atoms with E-state index in [0.29, 0.717) is 24.0 Å².